The van der Waals surface area contributed by atoms with Crippen LogP contribution in [0.25, 0.3) is 0 Å². The van der Waals surface area contributed by atoms with Crippen LogP contribution in [0.1, 0.15) is 34.1 Å². The molecule has 1 N–H and O–H groups in total. The zero-order chi connectivity index (χ0) is 9.57. The van der Waals surface area contributed by atoms with E-state index in [0.29, 0.717) is 6.42 Å². The van der Waals surface area contributed by atoms with Gasteiger partial charge in [-0.25, -0.2) is 0 Å². The standard InChI is InChI=1S/C10H16O2/c1-7-5-8(11)6-9(2,3)10(7,4)12/h5,12H,6H2,1-4H3. The van der Waals surface area contributed by atoms with Gasteiger partial charge in [0.25, 0.3) is 0 Å². The van der Waals surface area contributed by atoms with Crippen LogP contribution in [0.15, 0.2) is 11.6 Å². The highest BCUT2D eigenvalue weighted by molar-refractivity contribution is 5.92. The first-order chi connectivity index (χ1) is 5.27. The van der Waals surface area contributed by atoms with Gasteiger partial charge in [-0.2, -0.15) is 0 Å². The molecule has 68 valence electrons. The van der Waals surface area contributed by atoms with Crippen molar-refractivity contribution in [2.45, 2.75) is 39.7 Å². The van der Waals surface area contributed by atoms with Gasteiger partial charge in [-0.3, -0.25) is 4.79 Å². The summed E-state index contributed by atoms with van der Waals surface area (Å²) in [5.74, 6) is 0.115. The molecular formula is C10H16O2. The van der Waals surface area contributed by atoms with Gasteiger partial charge in [-0.05, 0) is 25.5 Å². The van der Waals surface area contributed by atoms with Gasteiger partial charge in [0.05, 0.1) is 5.60 Å². The molecule has 0 saturated heterocycles. The fraction of sp³-hybridized carbons (Fsp3) is 0.700. The lowest BCUT2D eigenvalue weighted by molar-refractivity contribution is -0.122. The molecule has 1 atom stereocenters. The van der Waals surface area contributed by atoms with Gasteiger partial charge in [0.2, 0.25) is 0 Å². The summed E-state index contributed by atoms with van der Waals surface area (Å²) in [6, 6.07) is 0. The molecule has 0 amide bonds. The van der Waals surface area contributed by atoms with Crippen molar-refractivity contribution in [1.82, 2.24) is 0 Å². The van der Waals surface area contributed by atoms with Gasteiger partial charge < -0.3 is 5.11 Å². The summed E-state index contributed by atoms with van der Waals surface area (Å²) in [4.78, 5) is 11.2. The Kier molecular flexibility index (Phi) is 1.91. The topological polar surface area (TPSA) is 37.3 Å². The van der Waals surface area contributed by atoms with E-state index in [1.807, 2.05) is 13.8 Å². The molecule has 0 heterocycles. The molecular weight excluding hydrogens is 152 g/mol. The van der Waals surface area contributed by atoms with E-state index in [1.165, 1.54) is 0 Å². The van der Waals surface area contributed by atoms with Crippen LogP contribution in [0.2, 0.25) is 0 Å². The molecule has 1 rings (SSSR count). The minimum Gasteiger partial charge on any atom is -0.385 e. The molecule has 2 heteroatoms. The lowest BCUT2D eigenvalue weighted by Crippen LogP contribution is -2.46. The van der Waals surface area contributed by atoms with Crippen molar-refractivity contribution in [2.75, 3.05) is 0 Å². The van der Waals surface area contributed by atoms with Crippen LogP contribution in [-0.2, 0) is 4.79 Å². The van der Waals surface area contributed by atoms with Crippen LogP contribution in [0.4, 0.5) is 0 Å². The third-order valence-corrected chi connectivity index (χ3v) is 3.08. The molecule has 1 aliphatic carbocycles. The van der Waals surface area contributed by atoms with Gasteiger partial charge in [0, 0.05) is 11.8 Å². The van der Waals surface area contributed by atoms with E-state index >= 15 is 0 Å². The number of carbonyl (C=O) groups excluding carboxylic acids is 1. The molecule has 0 bridgehead atoms. The Hall–Kier alpha value is -0.630. The fourth-order valence-electron chi connectivity index (χ4n) is 1.57. The Labute approximate surface area is 73.3 Å². The van der Waals surface area contributed by atoms with E-state index in [0.717, 1.165) is 5.57 Å². The van der Waals surface area contributed by atoms with Crippen LogP contribution in [-0.4, -0.2) is 16.5 Å². The summed E-state index contributed by atoms with van der Waals surface area (Å²) in [5.41, 5.74) is -0.423. The fourth-order valence-corrected chi connectivity index (χ4v) is 1.57. The molecule has 0 aromatic carbocycles. The normalized spacial score (nSPS) is 34.8. The molecule has 2 nitrogen and oxygen atoms in total. The van der Waals surface area contributed by atoms with Gasteiger partial charge in [-0.15, -0.1) is 0 Å². The number of rotatable bonds is 0. The summed E-state index contributed by atoms with van der Waals surface area (Å²) in [5, 5.41) is 10.1. The van der Waals surface area contributed by atoms with E-state index < -0.39 is 5.60 Å². The Bertz CT molecular complexity index is 247. The van der Waals surface area contributed by atoms with E-state index in [1.54, 1.807) is 19.9 Å². The SMILES string of the molecule is CC1=CC(=O)CC(C)(C)C1(C)O. The molecule has 0 fully saturated rings. The van der Waals surface area contributed by atoms with Crippen molar-refractivity contribution in [2.24, 2.45) is 5.41 Å². The minimum atomic E-state index is -0.846. The predicted octanol–water partition coefficient (Wildman–Crippen LogP) is 1.68. The minimum absolute atomic E-state index is 0.115. The lowest BCUT2D eigenvalue weighted by Gasteiger charge is -2.43. The molecule has 0 aromatic rings. The quantitative estimate of drug-likeness (QED) is 0.597. The Morgan fingerprint density at radius 3 is 2.33 bits per heavy atom. The van der Waals surface area contributed by atoms with Crippen LogP contribution < -0.4 is 0 Å². The second kappa shape index (κ2) is 2.43. The molecule has 1 unspecified atom stereocenters. The third-order valence-electron chi connectivity index (χ3n) is 3.08. The van der Waals surface area contributed by atoms with Crippen LogP contribution in [0.3, 0.4) is 0 Å². The smallest absolute Gasteiger partial charge is 0.156 e. The highest BCUT2D eigenvalue weighted by atomic mass is 16.3. The van der Waals surface area contributed by atoms with Gasteiger partial charge in [0.1, 0.15) is 0 Å². The lowest BCUT2D eigenvalue weighted by atomic mass is 9.66. The highest BCUT2D eigenvalue weighted by Crippen LogP contribution is 2.42. The number of hydrogen-bond acceptors (Lipinski definition) is 2. The van der Waals surface area contributed by atoms with Crippen molar-refractivity contribution in [3.63, 3.8) is 0 Å². The zero-order valence-corrected chi connectivity index (χ0v) is 8.14. The molecule has 0 spiro atoms. The third kappa shape index (κ3) is 1.20. The molecule has 0 radical (unpaired) electrons. The number of aliphatic hydroxyl groups is 1. The Morgan fingerprint density at radius 2 is 1.92 bits per heavy atom. The number of allylic oxidation sites excluding steroid dienone is 1. The molecule has 0 saturated carbocycles. The summed E-state index contributed by atoms with van der Waals surface area (Å²) < 4.78 is 0. The van der Waals surface area contributed by atoms with Crippen molar-refractivity contribution < 1.29 is 9.90 Å². The summed E-state index contributed by atoms with van der Waals surface area (Å²) in [6.45, 7) is 7.41. The molecule has 12 heavy (non-hydrogen) atoms. The van der Waals surface area contributed by atoms with Gasteiger partial charge >= 0.3 is 0 Å². The summed E-state index contributed by atoms with van der Waals surface area (Å²) >= 11 is 0. The first-order valence-corrected chi connectivity index (χ1v) is 4.21. The average molecular weight is 168 g/mol. The maximum Gasteiger partial charge on any atom is 0.156 e. The van der Waals surface area contributed by atoms with Crippen molar-refractivity contribution >= 4 is 5.78 Å². The molecule has 0 aliphatic heterocycles. The average Bonchev–Trinajstić information content (AvgIpc) is 1.82. The van der Waals surface area contributed by atoms with Crippen LogP contribution in [0.5, 0.6) is 0 Å². The second-order valence-electron chi connectivity index (χ2n) is 4.43. The molecule has 0 aromatic heterocycles. The van der Waals surface area contributed by atoms with E-state index in [4.69, 9.17) is 0 Å². The first-order valence-electron chi connectivity index (χ1n) is 4.21. The maximum absolute atomic E-state index is 11.2. The van der Waals surface area contributed by atoms with E-state index in [9.17, 15) is 9.90 Å². The number of hydrogen-bond donors (Lipinski definition) is 1. The zero-order valence-electron chi connectivity index (χ0n) is 8.14. The van der Waals surface area contributed by atoms with E-state index in [2.05, 4.69) is 0 Å². The first kappa shape index (κ1) is 9.46. The number of carbonyl (C=O) groups is 1. The van der Waals surface area contributed by atoms with Crippen molar-refractivity contribution in [3.05, 3.63) is 11.6 Å². The summed E-state index contributed by atoms with van der Waals surface area (Å²) in [7, 11) is 0. The Morgan fingerprint density at radius 1 is 1.42 bits per heavy atom. The van der Waals surface area contributed by atoms with Crippen molar-refractivity contribution in [3.8, 4) is 0 Å². The van der Waals surface area contributed by atoms with Gasteiger partial charge in [0.15, 0.2) is 5.78 Å². The maximum atomic E-state index is 11.2. The predicted molar refractivity (Wildman–Crippen MR) is 47.8 cm³/mol. The highest BCUT2D eigenvalue weighted by Gasteiger charge is 2.44. The van der Waals surface area contributed by atoms with Crippen molar-refractivity contribution in [1.29, 1.82) is 0 Å². The van der Waals surface area contributed by atoms with Crippen LogP contribution in [0, 0.1) is 5.41 Å². The second-order valence-corrected chi connectivity index (χ2v) is 4.43. The van der Waals surface area contributed by atoms with E-state index in [-0.39, 0.29) is 11.2 Å². The van der Waals surface area contributed by atoms with Crippen LogP contribution >= 0.6 is 0 Å². The van der Waals surface area contributed by atoms with Gasteiger partial charge in [-0.1, -0.05) is 13.8 Å². The summed E-state index contributed by atoms with van der Waals surface area (Å²) in [6.07, 6.45) is 1.97. The molecule has 1 aliphatic rings. The number of ketones is 1. The monoisotopic (exact) mass is 168 g/mol. The largest absolute Gasteiger partial charge is 0.385 e. The Balaban J connectivity index is 3.15.